The number of anilines is 2. The maximum atomic E-state index is 5.82. The zero-order chi connectivity index (χ0) is 11.4. The quantitative estimate of drug-likeness (QED) is 0.818. The van der Waals surface area contributed by atoms with Gasteiger partial charge in [0.05, 0.1) is 0 Å². The molecule has 0 bridgehead atoms. The second-order valence-electron chi connectivity index (χ2n) is 4.19. The predicted octanol–water partition coefficient (Wildman–Crippen LogP) is 1.71. The first-order valence-corrected chi connectivity index (χ1v) is 5.36. The average molecular weight is 208 g/mol. The Morgan fingerprint density at radius 2 is 2.07 bits per heavy atom. The van der Waals surface area contributed by atoms with Crippen molar-refractivity contribution in [2.75, 3.05) is 24.2 Å². The summed E-state index contributed by atoms with van der Waals surface area (Å²) in [6, 6.07) is 0. The molecule has 0 aliphatic carbocycles. The second kappa shape index (κ2) is 4.96. The molecule has 4 heteroatoms. The van der Waals surface area contributed by atoms with Gasteiger partial charge in [-0.05, 0) is 12.3 Å². The van der Waals surface area contributed by atoms with Gasteiger partial charge in [0.25, 0.3) is 0 Å². The monoisotopic (exact) mass is 208 g/mol. The molecule has 0 unspecified atom stereocenters. The van der Waals surface area contributed by atoms with Gasteiger partial charge in [-0.15, -0.1) is 0 Å². The van der Waals surface area contributed by atoms with E-state index >= 15 is 0 Å². The Kier molecular flexibility index (Phi) is 3.88. The first-order valence-electron chi connectivity index (χ1n) is 5.36. The number of aromatic nitrogens is 2. The van der Waals surface area contributed by atoms with E-state index < -0.39 is 0 Å². The fourth-order valence-electron chi connectivity index (χ4n) is 1.72. The molecule has 0 aromatic carbocycles. The molecule has 0 amide bonds. The smallest absolute Gasteiger partial charge is 0.137 e. The Morgan fingerprint density at radius 3 is 2.60 bits per heavy atom. The van der Waals surface area contributed by atoms with Gasteiger partial charge in [-0.1, -0.05) is 20.8 Å². The minimum absolute atomic E-state index is 0.595. The lowest BCUT2D eigenvalue weighted by Gasteiger charge is -2.22. The summed E-state index contributed by atoms with van der Waals surface area (Å²) in [4.78, 5) is 10.5. The van der Waals surface area contributed by atoms with Crippen LogP contribution in [0.1, 0.15) is 26.3 Å². The number of nitrogens with zero attached hydrogens (tertiary/aromatic N) is 3. The van der Waals surface area contributed by atoms with Crippen LogP contribution in [0.4, 0.5) is 11.6 Å². The summed E-state index contributed by atoms with van der Waals surface area (Å²) in [6.45, 7) is 7.42. The zero-order valence-electron chi connectivity index (χ0n) is 9.99. The highest BCUT2D eigenvalue weighted by Gasteiger charge is 2.12. The van der Waals surface area contributed by atoms with Crippen LogP contribution >= 0.6 is 0 Å². The van der Waals surface area contributed by atoms with Crippen molar-refractivity contribution in [2.45, 2.75) is 27.2 Å². The van der Waals surface area contributed by atoms with E-state index in [-0.39, 0.29) is 0 Å². The molecule has 1 rings (SSSR count). The summed E-state index contributed by atoms with van der Waals surface area (Å²) in [5.74, 6) is 2.16. The average Bonchev–Trinajstić information content (AvgIpc) is 2.16. The molecular weight excluding hydrogens is 188 g/mol. The Hall–Kier alpha value is -1.32. The van der Waals surface area contributed by atoms with Crippen LogP contribution in [0.15, 0.2) is 6.33 Å². The van der Waals surface area contributed by atoms with E-state index in [2.05, 4.69) is 35.6 Å². The molecule has 1 aromatic rings. The van der Waals surface area contributed by atoms with Crippen LogP contribution in [0.25, 0.3) is 0 Å². The van der Waals surface area contributed by atoms with E-state index in [0.717, 1.165) is 24.3 Å². The fraction of sp³-hybridized carbons (Fsp3) is 0.636. The molecule has 2 N–H and O–H groups in total. The van der Waals surface area contributed by atoms with Crippen LogP contribution < -0.4 is 10.6 Å². The van der Waals surface area contributed by atoms with E-state index in [1.807, 2.05) is 7.05 Å². The number of nitrogens with two attached hydrogens (primary N) is 1. The Balaban J connectivity index is 2.97. The number of nitrogen functional groups attached to an aromatic ring is 1. The topological polar surface area (TPSA) is 55.0 Å². The van der Waals surface area contributed by atoms with Crippen molar-refractivity contribution < 1.29 is 0 Å². The molecule has 1 aromatic heterocycles. The van der Waals surface area contributed by atoms with Crippen LogP contribution in [0, 0.1) is 5.92 Å². The largest absolute Gasteiger partial charge is 0.383 e. The van der Waals surface area contributed by atoms with Crippen molar-refractivity contribution in [3.63, 3.8) is 0 Å². The lowest BCUT2D eigenvalue weighted by Crippen LogP contribution is -2.25. The molecule has 0 radical (unpaired) electrons. The van der Waals surface area contributed by atoms with Crippen molar-refractivity contribution in [3.05, 3.63) is 11.9 Å². The molecule has 0 aliphatic rings. The second-order valence-corrected chi connectivity index (χ2v) is 4.19. The Labute approximate surface area is 91.5 Å². The molecule has 0 atom stereocenters. The Bertz CT molecular complexity index is 322. The van der Waals surface area contributed by atoms with Crippen molar-refractivity contribution in [1.29, 1.82) is 0 Å². The molecule has 0 spiro atoms. The van der Waals surface area contributed by atoms with Gasteiger partial charge < -0.3 is 10.6 Å². The van der Waals surface area contributed by atoms with E-state index in [0.29, 0.717) is 11.7 Å². The van der Waals surface area contributed by atoms with E-state index in [1.165, 1.54) is 6.33 Å². The van der Waals surface area contributed by atoms with Gasteiger partial charge in [0.15, 0.2) is 0 Å². The standard InChI is InChI=1S/C11H20N4/c1-5-9-10(12)13-7-14-11(9)15(4)6-8(2)3/h7-8H,5-6H2,1-4H3,(H2,12,13,14). The third kappa shape index (κ3) is 2.81. The van der Waals surface area contributed by atoms with Crippen molar-refractivity contribution in [1.82, 2.24) is 9.97 Å². The third-order valence-electron chi connectivity index (χ3n) is 2.31. The zero-order valence-corrected chi connectivity index (χ0v) is 9.99. The molecular formula is C11H20N4. The van der Waals surface area contributed by atoms with E-state index in [1.54, 1.807) is 0 Å². The van der Waals surface area contributed by atoms with Crippen molar-refractivity contribution >= 4 is 11.6 Å². The maximum absolute atomic E-state index is 5.82. The van der Waals surface area contributed by atoms with Gasteiger partial charge in [-0.3, -0.25) is 0 Å². The van der Waals surface area contributed by atoms with Gasteiger partial charge in [0.1, 0.15) is 18.0 Å². The minimum Gasteiger partial charge on any atom is -0.383 e. The van der Waals surface area contributed by atoms with Crippen LogP contribution in [0.2, 0.25) is 0 Å². The van der Waals surface area contributed by atoms with E-state index in [9.17, 15) is 0 Å². The van der Waals surface area contributed by atoms with Gasteiger partial charge in [0, 0.05) is 19.2 Å². The van der Waals surface area contributed by atoms with Crippen LogP contribution in [-0.2, 0) is 6.42 Å². The molecule has 0 fully saturated rings. The minimum atomic E-state index is 0.595. The SMILES string of the molecule is CCc1c(N)ncnc1N(C)CC(C)C. The van der Waals surface area contributed by atoms with Crippen LogP contribution in [0.5, 0.6) is 0 Å². The lowest BCUT2D eigenvalue weighted by molar-refractivity contribution is 0.632. The van der Waals surface area contributed by atoms with Crippen molar-refractivity contribution in [2.24, 2.45) is 5.92 Å². The highest BCUT2D eigenvalue weighted by atomic mass is 15.2. The fourth-order valence-corrected chi connectivity index (χ4v) is 1.72. The van der Waals surface area contributed by atoms with E-state index in [4.69, 9.17) is 5.73 Å². The summed E-state index contributed by atoms with van der Waals surface area (Å²) in [6.07, 6.45) is 2.39. The number of hydrogen-bond donors (Lipinski definition) is 1. The number of rotatable bonds is 4. The first kappa shape index (κ1) is 11.8. The van der Waals surface area contributed by atoms with Crippen molar-refractivity contribution in [3.8, 4) is 0 Å². The summed E-state index contributed by atoms with van der Waals surface area (Å²) < 4.78 is 0. The van der Waals surface area contributed by atoms with Gasteiger partial charge in [-0.2, -0.15) is 0 Å². The molecule has 84 valence electrons. The molecule has 15 heavy (non-hydrogen) atoms. The molecule has 1 heterocycles. The van der Waals surface area contributed by atoms with Crippen LogP contribution in [-0.4, -0.2) is 23.6 Å². The summed E-state index contributed by atoms with van der Waals surface area (Å²) in [5.41, 5.74) is 6.86. The highest BCUT2D eigenvalue weighted by molar-refractivity contribution is 5.56. The third-order valence-corrected chi connectivity index (χ3v) is 2.31. The predicted molar refractivity (Wildman–Crippen MR) is 63.9 cm³/mol. The summed E-state index contributed by atoms with van der Waals surface area (Å²) in [5, 5.41) is 0. The molecule has 0 aliphatic heterocycles. The normalized spacial score (nSPS) is 10.7. The molecule has 4 nitrogen and oxygen atoms in total. The number of hydrogen-bond acceptors (Lipinski definition) is 4. The Morgan fingerprint density at radius 1 is 1.40 bits per heavy atom. The van der Waals surface area contributed by atoms with Gasteiger partial charge in [-0.25, -0.2) is 9.97 Å². The van der Waals surface area contributed by atoms with Gasteiger partial charge in [0.2, 0.25) is 0 Å². The first-order chi connectivity index (χ1) is 7.06. The lowest BCUT2D eigenvalue weighted by atomic mass is 10.1. The molecule has 0 saturated heterocycles. The highest BCUT2D eigenvalue weighted by Crippen LogP contribution is 2.21. The van der Waals surface area contributed by atoms with Gasteiger partial charge >= 0.3 is 0 Å². The summed E-state index contributed by atoms with van der Waals surface area (Å²) >= 11 is 0. The molecule has 0 saturated carbocycles. The summed E-state index contributed by atoms with van der Waals surface area (Å²) in [7, 11) is 2.04. The van der Waals surface area contributed by atoms with Crippen LogP contribution in [0.3, 0.4) is 0 Å². The maximum Gasteiger partial charge on any atom is 0.137 e.